The summed E-state index contributed by atoms with van der Waals surface area (Å²) in [5.41, 5.74) is 6.47. The van der Waals surface area contributed by atoms with E-state index in [4.69, 9.17) is 5.73 Å². The van der Waals surface area contributed by atoms with Crippen molar-refractivity contribution < 1.29 is 18.3 Å². The molecule has 6 heteroatoms. The molecule has 2 unspecified atom stereocenters. The van der Waals surface area contributed by atoms with Gasteiger partial charge in [-0.2, -0.15) is 8.78 Å². The van der Waals surface area contributed by atoms with Crippen LogP contribution in [0.3, 0.4) is 0 Å². The summed E-state index contributed by atoms with van der Waals surface area (Å²) in [6.07, 6.45) is 0.812. The van der Waals surface area contributed by atoms with E-state index >= 15 is 0 Å². The van der Waals surface area contributed by atoms with E-state index in [1.807, 2.05) is 13.8 Å². The molecule has 0 heterocycles. The predicted octanol–water partition coefficient (Wildman–Crippen LogP) is 2.28. The average molecular weight is 286 g/mol. The van der Waals surface area contributed by atoms with Crippen LogP contribution in [0.2, 0.25) is 0 Å². The topological polar surface area (TPSA) is 64.4 Å². The summed E-state index contributed by atoms with van der Waals surface area (Å²) in [7, 11) is 0. The number of ether oxygens (including phenoxy) is 1. The molecule has 0 saturated heterocycles. The van der Waals surface area contributed by atoms with Crippen LogP contribution in [0.4, 0.5) is 8.78 Å². The number of hydrogen-bond acceptors (Lipinski definition) is 3. The molecule has 1 rings (SSSR count). The lowest BCUT2D eigenvalue weighted by Crippen LogP contribution is -2.44. The number of carbonyl (C=O) groups excluding carboxylic acids is 1. The van der Waals surface area contributed by atoms with E-state index in [1.165, 1.54) is 12.1 Å². The van der Waals surface area contributed by atoms with Gasteiger partial charge in [-0.1, -0.05) is 32.4 Å². The standard InChI is InChI=1S/C14H20F2N2O2/c1-3-9(2)12(17)13(19)18-8-10-5-4-6-11(7-10)20-14(15)16/h4-7,9,12,14H,3,8,17H2,1-2H3,(H,18,19). The molecule has 0 aromatic heterocycles. The van der Waals surface area contributed by atoms with Gasteiger partial charge in [0.15, 0.2) is 0 Å². The van der Waals surface area contributed by atoms with Crippen molar-refractivity contribution in [3.05, 3.63) is 29.8 Å². The highest BCUT2D eigenvalue weighted by molar-refractivity contribution is 5.81. The molecule has 1 aromatic carbocycles. The lowest BCUT2D eigenvalue weighted by molar-refractivity contribution is -0.123. The van der Waals surface area contributed by atoms with Crippen molar-refractivity contribution in [2.75, 3.05) is 0 Å². The molecule has 0 aliphatic heterocycles. The molecule has 0 spiro atoms. The Kier molecular flexibility index (Phi) is 6.38. The van der Waals surface area contributed by atoms with E-state index in [1.54, 1.807) is 12.1 Å². The average Bonchev–Trinajstić information content (AvgIpc) is 2.42. The number of rotatable bonds is 7. The van der Waals surface area contributed by atoms with Gasteiger partial charge in [0.25, 0.3) is 0 Å². The second-order valence-corrected chi connectivity index (χ2v) is 4.66. The molecule has 112 valence electrons. The Hall–Kier alpha value is -1.69. The maximum absolute atomic E-state index is 12.1. The maximum atomic E-state index is 12.1. The van der Waals surface area contributed by atoms with Crippen molar-refractivity contribution >= 4 is 5.91 Å². The summed E-state index contributed by atoms with van der Waals surface area (Å²) in [4.78, 5) is 11.8. The van der Waals surface area contributed by atoms with Crippen LogP contribution >= 0.6 is 0 Å². The van der Waals surface area contributed by atoms with Gasteiger partial charge in [0, 0.05) is 6.54 Å². The van der Waals surface area contributed by atoms with Crippen LogP contribution in [0, 0.1) is 5.92 Å². The SMILES string of the molecule is CCC(C)C(N)C(=O)NCc1cccc(OC(F)F)c1. The van der Waals surface area contributed by atoms with Crippen LogP contribution in [0.1, 0.15) is 25.8 Å². The third kappa shape index (κ3) is 5.13. The predicted molar refractivity (Wildman–Crippen MR) is 72.4 cm³/mol. The molecular formula is C14H20F2N2O2. The monoisotopic (exact) mass is 286 g/mol. The molecule has 0 aliphatic rings. The molecule has 20 heavy (non-hydrogen) atoms. The van der Waals surface area contributed by atoms with E-state index in [-0.39, 0.29) is 24.1 Å². The molecule has 3 N–H and O–H groups in total. The van der Waals surface area contributed by atoms with Crippen LogP contribution in [-0.2, 0) is 11.3 Å². The molecule has 0 bridgehead atoms. The smallest absolute Gasteiger partial charge is 0.387 e. The highest BCUT2D eigenvalue weighted by Gasteiger charge is 2.18. The van der Waals surface area contributed by atoms with Crippen molar-refractivity contribution in [1.29, 1.82) is 0 Å². The number of halogens is 2. The Morgan fingerprint density at radius 1 is 1.45 bits per heavy atom. The van der Waals surface area contributed by atoms with Crippen molar-refractivity contribution in [2.24, 2.45) is 11.7 Å². The van der Waals surface area contributed by atoms with E-state index in [9.17, 15) is 13.6 Å². The Morgan fingerprint density at radius 3 is 2.75 bits per heavy atom. The zero-order chi connectivity index (χ0) is 15.1. The minimum atomic E-state index is -2.86. The van der Waals surface area contributed by atoms with Gasteiger partial charge < -0.3 is 15.8 Å². The van der Waals surface area contributed by atoms with Crippen LogP contribution < -0.4 is 15.8 Å². The van der Waals surface area contributed by atoms with Crippen LogP contribution in [0.25, 0.3) is 0 Å². The Bertz CT molecular complexity index is 441. The van der Waals surface area contributed by atoms with Gasteiger partial charge in [0.1, 0.15) is 5.75 Å². The van der Waals surface area contributed by atoms with Crippen molar-refractivity contribution in [3.63, 3.8) is 0 Å². The van der Waals surface area contributed by atoms with Gasteiger partial charge in [-0.3, -0.25) is 4.79 Å². The largest absolute Gasteiger partial charge is 0.435 e. The Balaban J connectivity index is 2.55. The zero-order valence-corrected chi connectivity index (χ0v) is 11.6. The first-order valence-corrected chi connectivity index (χ1v) is 6.51. The molecule has 1 amide bonds. The number of carbonyl (C=O) groups is 1. The quantitative estimate of drug-likeness (QED) is 0.808. The summed E-state index contributed by atoms with van der Waals surface area (Å²) in [6.45, 7) is 1.23. The van der Waals surface area contributed by atoms with Crippen molar-refractivity contribution in [2.45, 2.75) is 39.5 Å². The van der Waals surface area contributed by atoms with Gasteiger partial charge in [-0.25, -0.2) is 0 Å². The Morgan fingerprint density at radius 2 is 2.15 bits per heavy atom. The molecular weight excluding hydrogens is 266 g/mol. The van der Waals surface area contributed by atoms with E-state index < -0.39 is 12.7 Å². The zero-order valence-electron chi connectivity index (χ0n) is 11.6. The van der Waals surface area contributed by atoms with E-state index in [0.717, 1.165) is 6.42 Å². The molecule has 4 nitrogen and oxygen atoms in total. The first kappa shape index (κ1) is 16.4. The van der Waals surface area contributed by atoms with Crippen molar-refractivity contribution in [3.8, 4) is 5.75 Å². The maximum Gasteiger partial charge on any atom is 0.387 e. The minimum Gasteiger partial charge on any atom is -0.435 e. The lowest BCUT2D eigenvalue weighted by atomic mass is 9.99. The van der Waals surface area contributed by atoms with Crippen LogP contribution in [0.15, 0.2) is 24.3 Å². The summed E-state index contributed by atoms with van der Waals surface area (Å²) >= 11 is 0. The second-order valence-electron chi connectivity index (χ2n) is 4.66. The first-order valence-electron chi connectivity index (χ1n) is 6.51. The van der Waals surface area contributed by atoms with Gasteiger partial charge in [-0.05, 0) is 23.6 Å². The molecule has 2 atom stereocenters. The highest BCUT2D eigenvalue weighted by atomic mass is 19.3. The molecule has 0 aliphatic carbocycles. The molecule has 0 fully saturated rings. The highest BCUT2D eigenvalue weighted by Crippen LogP contribution is 2.16. The summed E-state index contributed by atoms with van der Waals surface area (Å²) in [5, 5.41) is 2.69. The second kappa shape index (κ2) is 7.79. The molecule has 0 saturated carbocycles. The van der Waals surface area contributed by atoms with Gasteiger partial charge >= 0.3 is 6.61 Å². The number of nitrogens with two attached hydrogens (primary N) is 1. The number of nitrogens with one attached hydrogen (secondary N) is 1. The fourth-order valence-corrected chi connectivity index (χ4v) is 1.65. The van der Waals surface area contributed by atoms with Gasteiger partial charge in [0.05, 0.1) is 6.04 Å². The minimum absolute atomic E-state index is 0.0676. The van der Waals surface area contributed by atoms with Gasteiger partial charge in [-0.15, -0.1) is 0 Å². The number of alkyl halides is 2. The first-order chi connectivity index (χ1) is 9.43. The Labute approximate surface area is 117 Å². The van der Waals surface area contributed by atoms with Gasteiger partial charge in [0.2, 0.25) is 5.91 Å². The molecule has 0 radical (unpaired) electrons. The normalized spacial score (nSPS) is 13.9. The fourth-order valence-electron chi connectivity index (χ4n) is 1.65. The molecule has 1 aromatic rings. The van der Waals surface area contributed by atoms with E-state index in [2.05, 4.69) is 10.1 Å². The summed E-state index contributed by atoms with van der Waals surface area (Å²) < 4.78 is 28.5. The van der Waals surface area contributed by atoms with Crippen molar-refractivity contribution in [1.82, 2.24) is 5.32 Å². The third-order valence-corrected chi connectivity index (χ3v) is 3.15. The van der Waals surface area contributed by atoms with Crippen LogP contribution in [0.5, 0.6) is 5.75 Å². The third-order valence-electron chi connectivity index (χ3n) is 3.15. The number of hydrogen-bond donors (Lipinski definition) is 2. The number of amides is 1. The lowest BCUT2D eigenvalue weighted by Gasteiger charge is -2.17. The summed E-state index contributed by atoms with van der Waals surface area (Å²) in [6, 6.07) is 5.63. The summed E-state index contributed by atoms with van der Waals surface area (Å²) in [5.74, 6) is -0.0963. The van der Waals surface area contributed by atoms with Crippen LogP contribution in [-0.4, -0.2) is 18.6 Å². The van der Waals surface area contributed by atoms with E-state index in [0.29, 0.717) is 5.56 Å². The number of benzene rings is 1. The fraction of sp³-hybridized carbons (Fsp3) is 0.500.